The summed E-state index contributed by atoms with van der Waals surface area (Å²) in [5, 5.41) is 16.1. The molecule has 0 amide bonds. The van der Waals surface area contributed by atoms with Gasteiger partial charge in [-0.05, 0) is 42.9 Å². The largest absolute Gasteiger partial charge is 4.00 e. The molecule has 0 atom stereocenters. The molecule has 0 saturated heterocycles. The number of nitrogens with two attached hydrogens (primary N) is 2. The first-order valence-corrected chi connectivity index (χ1v) is 5.85. The fraction of sp³-hybridized carbons (Fsp3) is 0.308. The van der Waals surface area contributed by atoms with Crippen LogP contribution in [0.25, 0.3) is 23.2 Å². The van der Waals surface area contributed by atoms with Gasteiger partial charge in [-0.2, -0.15) is 0 Å². The summed E-state index contributed by atoms with van der Waals surface area (Å²) < 4.78 is 0. The maximum atomic E-state index is 8.25. The van der Waals surface area contributed by atoms with Crippen LogP contribution in [-0.4, -0.2) is 10.1 Å². The molecular weight excluding hydrogens is 491 g/mol. The summed E-state index contributed by atoms with van der Waals surface area (Å²) in [6, 6.07) is 8.47. The Morgan fingerprint density at radius 2 is 1.59 bits per heavy atom. The van der Waals surface area contributed by atoms with Crippen molar-refractivity contribution < 1.29 is 38.6 Å². The minimum absolute atomic E-state index is 0. The van der Waals surface area contributed by atoms with Crippen LogP contribution in [0.4, 0.5) is 0 Å². The first-order chi connectivity index (χ1) is 8.68. The van der Waals surface area contributed by atoms with Crippen LogP contribution < -0.4 is 12.4 Å². The second-order valence-electron chi connectivity index (χ2n) is 4.21. The van der Waals surface area contributed by atoms with E-state index in [1.54, 1.807) is 5.56 Å². The Morgan fingerprint density at radius 1 is 1.05 bits per heavy atom. The minimum Gasteiger partial charge on any atom is -1.00 e. The quantitative estimate of drug-likeness (QED) is 0.390. The molecule has 124 valence electrons. The van der Waals surface area contributed by atoms with Crippen LogP contribution in [0.5, 0.6) is 0 Å². The molecule has 0 radical (unpaired) electrons. The molecule has 1 aliphatic rings. The number of nitrogens with zero attached hydrogens (tertiary/aromatic N) is 2. The normalized spacial score (nSPS) is 10.9. The van der Waals surface area contributed by atoms with Crippen LogP contribution in [-0.2, 0) is 33.9 Å². The Bertz CT molecular complexity index is 582. The summed E-state index contributed by atoms with van der Waals surface area (Å²) in [5.74, 6) is 0. The number of para-hydroxylation sites is 1. The van der Waals surface area contributed by atoms with Gasteiger partial charge in [-0.1, -0.05) is 18.2 Å². The van der Waals surface area contributed by atoms with E-state index in [1.807, 2.05) is 0 Å². The Hall–Kier alpha value is -1.27. The predicted octanol–water partition coefficient (Wildman–Crippen LogP) is 1.31. The monoisotopic (exact) mass is 507 g/mol. The van der Waals surface area contributed by atoms with E-state index < -0.39 is 5.09 Å². The molecule has 0 fully saturated rings. The zero-order valence-electron chi connectivity index (χ0n) is 11.7. The van der Waals surface area contributed by atoms with Gasteiger partial charge in [0.15, 0.2) is 0 Å². The number of rotatable bonds is 0. The molecule has 0 unspecified atom stereocenters. The van der Waals surface area contributed by atoms with E-state index in [9.17, 15) is 0 Å². The van der Waals surface area contributed by atoms with Gasteiger partial charge in [0.1, 0.15) is 0 Å². The van der Waals surface area contributed by atoms with Gasteiger partial charge in [0.05, 0.1) is 10.6 Å². The second-order valence-corrected chi connectivity index (χ2v) is 4.21. The molecule has 0 aliphatic heterocycles. The van der Waals surface area contributed by atoms with Crippen molar-refractivity contribution in [3.63, 3.8) is 0 Å². The Kier molecular flexibility index (Phi) is 14.3. The number of fused-ring (bicyclic) bond motifs is 3. The summed E-state index contributed by atoms with van der Waals surface area (Å²) in [5.41, 5.74) is 4.16. The molecule has 2 aromatic rings. The number of pyridine rings is 1. The maximum absolute atomic E-state index is 8.25. The van der Waals surface area contributed by atoms with Crippen LogP contribution in [0.15, 0.2) is 30.5 Å². The van der Waals surface area contributed by atoms with Gasteiger partial charge in [-0.15, -0.1) is 0 Å². The molecule has 0 spiro atoms. The third-order valence-corrected chi connectivity index (χ3v) is 3.10. The molecule has 1 heterocycles. The van der Waals surface area contributed by atoms with Crippen molar-refractivity contribution in [2.45, 2.75) is 25.7 Å². The summed E-state index contributed by atoms with van der Waals surface area (Å²) in [6.45, 7) is 0. The van der Waals surface area contributed by atoms with Crippen molar-refractivity contribution in [3.8, 4) is 0 Å². The van der Waals surface area contributed by atoms with E-state index in [2.05, 4.69) is 35.4 Å². The summed E-state index contributed by atoms with van der Waals surface area (Å²) in [7, 11) is 0. The molecule has 3 rings (SSSR count). The van der Waals surface area contributed by atoms with Crippen molar-refractivity contribution in [1.29, 1.82) is 0 Å². The average molecular weight is 508 g/mol. The predicted molar refractivity (Wildman–Crippen MR) is 79.3 cm³/mol. The zero-order chi connectivity index (χ0) is 13.0. The Balaban J connectivity index is -0.000000412. The van der Waals surface area contributed by atoms with E-state index in [-0.39, 0.29) is 45.8 Å². The van der Waals surface area contributed by atoms with Crippen LogP contribution in [0.3, 0.4) is 0 Å². The summed E-state index contributed by atoms with van der Waals surface area (Å²) >= 11 is 0. The fourth-order valence-electron chi connectivity index (χ4n) is 2.37. The minimum atomic E-state index is -1.75. The smallest absolute Gasteiger partial charge is 1.00 e. The summed E-state index contributed by atoms with van der Waals surface area (Å²) in [6.07, 6.45) is 7.18. The van der Waals surface area contributed by atoms with Gasteiger partial charge in [0.2, 0.25) is 0 Å². The van der Waals surface area contributed by atoms with Crippen LogP contribution in [0.2, 0.25) is 0 Å². The first kappa shape index (κ1) is 25.7. The van der Waals surface area contributed by atoms with Crippen LogP contribution >= 0.6 is 0 Å². The number of halogens is 1. The van der Waals surface area contributed by atoms with Gasteiger partial charge in [0.25, 0.3) is 0 Å². The molecule has 0 bridgehead atoms. The number of benzene rings is 1. The molecule has 4 N–H and O–H groups in total. The fourth-order valence-corrected chi connectivity index (χ4v) is 2.37. The number of aryl methyl sites for hydroxylation is 2. The molecular formula is C13H17ClN4O3Pt. The molecule has 7 nitrogen and oxygen atoms in total. The van der Waals surface area contributed by atoms with Gasteiger partial charge in [-0.3, -0.25) is 4.98 Å². The van der Waals surface area contributed by atoms with Crippen molar-refractivity contribution in [3.05, 3.63) is 69.2 Å². The third-order valence-electron chi connectivity index (χ3n) is 3.10. The van der Waals surface area contributed by atoms with E-state index in [0.29, 0.717) is 0 Å². The molecule has 1 aromatic carbocycles. The van der Waals surface area contributed by atoms with Crippen molar-refractivity contribution in [2.75, 3.05) is 0 Å². The topological polar surface area (TPSA) is 146 Å². The van der Waals surface area contributed by atoms with Gasteiger partial charge in [-0.25, -0.2) is 0 Å². The van der Waals surface area contributed by atoms with Crippen molar-refractivity contribution >= 4 is 10.9 Å². The van der Waals surface area contributed by atoms with Crippen LogP contribution in [0.1, 0.15) is 24.0 Å². The van der Waals surface area contributed by atoms with Gasteiger partial charge < -0.3 is 40.0 Å². The molecule has 0 saturated carbocycles. The molecule has 9 heteroatoms. The Labute approximate surface area is 149 Å². The van der Waals surface area contributed by atoms with Gasteiger partial charge >= 0.3 is 21.1 Å². The first-order valence-electron chi connectivity index (χ1n) is 5.85. The molecule has 22 heavy (non-hydrogen) atoms. The molecule has 1 aliphatic carbocycles. The third kappa shape index (κ3) is 6.66. The maximum Gasteiger partial charge on any atom is 4.00 e. The standard InChI is InChI=1S/C13H13N.ClH.NO3.2H2N.Pt/c1-2-6-11-10(5-1)9-14-13-8-4-3-7-12(11)13;;2-1(3)4;;;/h3-4,7-9H,1-2,5-6H2;1H;;2*1H2;/q;;3*-1;+4/p-1. The van der Waals surface area contributed by atoms with E-state index >= 15 is 0 Å². The summed E-state index contributed by atoms with van der Waals surface area (Å²) in [4.78, 5) is 12.7. The zero-order valence-corrected chi connectivity index (χ0v) is 14.7. The molecule has 1 aromatic heterocycles. The SMILES string of the molecule is O=[N+]([O-])[O-].[Cl-].[NH2-].[NH2-].[Pt+4].c1ccc2c3c(cnc2c1)CCCC3. The second kappa shape index (κ2) is 12.3. The van der Waals surface area contributed by atoms with Crippen molar-refractivity contribution in [1.82, 2.24) is 4.98 Å². The van der Waals surface area contributed by atoms with E-state index in [4.69, 9.17) is 15.3 Å². The Morgan fingerprint density at radius 3 is 2.23 bits per heavy atom. The van der Waals surface area contributed by atoms with E-state index in [1.165, 1.54) is 36.6 Å². The van der Waals surface area contributed by atoms with E-state index in [0.717, 1.165) is 5.52 Å². The van der Waals surface area contributed by atoms with Crippen LogP contribution in [0, 0.1) is 15.3 Å². The number of hydrogen-bond donors (Lipinski definition) is 0. The number of hydrogen-bond acceptors (Lipinski definition) is 4. The average Bonchev–Trinajstić information content (AvgIpc) is 2.38. The van der Waals surface area contributed by atoms with Gasteiger partial charge in [0, 0.05) is 11.6 Å². The van der Waals surface area contributed by atoms with Crippen molar-refractivity contribution in [2.24, 2.45) is 0 Å². The number of aromatic nitrogens is 1.